The van der Waals surface area contributed by atoms with E-state index in [1.54, 1.807) is 38.2 Å². The largest absolute Gasteiger partial charge is 0.421 e. The first-order valence-electron chi connectivity index (χ1n) is 10.2. The third-order valence-corrected chi connectivity index (χ3v) is 4.99. The normalized spacial score (nSPS) is 11.7. The summed E-state index contributed by atoms with van der Waals surface area (Å²) in [6, 6.07) is 14.2. The van der Waals surface area contributed by atoms with Crippen LogP contribution in [0.2, 0.25) is 0 Å². The van der Waals surface area contributed by atoms with Crippen LogP contribution in [0.1, 0.15) is 33.4 Å². The van der Waals surface area contributed by atoms with E-state index in [0.29, 0.717) is 34.5 Å². The molecule has 0 saturated carbocycles. The van der Waals surface area contributed by atoms with Crippen LogP contribution in [0.3, 0.4) is 0 Å². The van der Waals surface area contributed by atoms with Gasteiger partial charge >= 0.3 is 0 Å². The number of nitrogens with one attached hydrogen (secondary N) is 2. The minimum atomic E-state index is -0.489. The van der Waals surface area contributed by atoms with Crippen molar-refractivity contribution in [3.63, 3.8) is 0 Å². The molecule has 0 bridgehead atoms. The van der Waals surface area contributed by atoms with Crippen molar-refractivity contribution < 1.29 is 14.3 Å². The molecule has 4 aromatic rings. The highest BCUT2D eigenvalue weighted by Crippen LogP contribution is 2.29. The van der Waals surface area contributed by atoms with Gasteiger partial charge in [0.2, 0.25) is 17.7 Å². The highest BCUT2D eigenvalue weighted by molar-refractivity contribution is 5.94. The topological polar surface area (TPSA) is 152 Å². The lowest BCUT2D eigenvalue weighted by Gasteiger charge is -2.19. The fraction of sp³-hybridized carbons (Fsp3) is 0.174. The molecule has 2 heterocycles. The molecule has 10 heteroatoms. The summed E-state index contributed by atoms with van der Waals surface area (Å²) in [6.45, 7) is 3.33. The first-order valence-corrected chi connectivity index (χ1v) is 10.2. The number of hydrogen-bond donors (Lipinski definition) is 4. The van der Waals surface area contributed by atoms with Gasteiger partial charge in [0.05, 0.1) is 18.2 Å². The monoisotopic (exact) mass is 445 g/mol. The minimum absolute atomic E-state index is 0.160. The summed E-state index contributed by atoms with van der Waals surface area (Å²) in [5.74, 6) is 0.882. The van der Waals surface area contributed by atoms with Gasteiger partial charge in [-0.2, -0.15) is 4.98 Å². The standard InChI is InChI=1S/C23H23N7O3/c1-13-10-16(8-9-17(13)20(24)32)26-23-25-11-18(22-30-29-14(2)33-22)21(28-23)27-19(12-31)15-6-4-3-5-7-15/h3-11,19,31H,12H2,1-2H3,(H2,24,32)(H2,25,26,27,28)/t19-/m1/s1. The van der Waals surface area contributed by atoms with Crippen molar-refractivity contribution in [2.75, 3.05) is 17.2 Å². The van der Waals surface area contributed by atoms with E-state index in [9.17, 15) is 9.90 Å². The SMILES string of the molecule is Cc1nnc(-c2cnc(Nc3ccc(C(N)=O)c(C)c3)nc2N[C@H](CO)c2ccccc2)o1. The van der Waals surface area contributed by atoms with Crippen LogP contribution >= 0.6 is 0 Å². The Balaban J connectivity index is 1.69. The van der Waals surface area contributed by atoms with E-state index >= 15 is 0 Å². The average molecular weight is 445 g/mol. The molecule has 0 aliphatic rings. The molecule has 0 saturated heterocycles. The average Bonchev–Trinajstić information content (AvgIpc) is 3.24. The zero-order valence-corrected chi connectivity index (χ0v) is 18.1. The first-order chi connectivity index (χ1) is 15.9. The zero-order chi connectivity index (χ0) is 23.4. The number of primary amides is 1. The molecule has 0 radical (unpaired) electrons. The van der Waals surface area contributed by atoms with Gasteiger partial charge in [0.25, 0.3) is 5.89 Å². The number of aromatic nitrogens is 4. The summed E-state index contributed by atoms with van der Waals surface area (Å²) in [5.41, 5.74) is 8.63. The molecule has 1 amide bonds. The number of nitrogens with two attached hydrogens (primary N) is 1. The molecule has 0 spiro atoms. The van der Waals surface area contributed by atoms with Crippen LogP contribution in [0, 0.1) is 13.8 Å². The molecule has 0 aliphatic carbocycles. The Morgan fingerprint density at radius 1 is 1.15 bits per heavy atom. The van der Waals surface area contributed by atoms with Gasteiger partial charge in [-0.25, -0.2) is 4.98 Å². The van der Waals surface area contributed by atoms with E-state index in [-0.39, 0.29) is 12.5 Å². The summed E-state index contributed by atoms with van der Waals surface area (Å²) < 4.78 is 5.57. The van der Waals surface area contributed by atoms with Crippen molar-refractivity contribution in [2.24, 2.45) is 5.73 Å². The molecular weight excluding hydrogens is 422 g/mol. The fourth-order valence-corrected chi connectivity index (χ4v) is 3.35. The number of aliphatic hydroxyl groups excluding tert-OH is 1. The maximum absolute atomic E-state index is 11.5. The Bertz CT molecular complexity index is 1270. The van der Waals surface area contributed by atoms with Gasteiger partial charge in [-0.05, 0) is 36.2 Å². The highest BCUT2D eigenvalue weighted by Gasteiger charge is 2.19. The molecule has 0 fully saturated rings. The van der Waals surface area contributed by atoms with Gasteiger partial charge in [0.15, 0.2) is 0 Å². The second-order valence-corrected chi connectivity index (χ2v) is 7.39. The molecule has 0 aliphatic heterocycles. The summed E-state index contributed by atoms with van der Waals surface area (Å²) in [4.78, 5) is 20.4. The lowest BCUT2D eigenvalue weighted by atomic mass is 10.1. The fourth-order valence-electron chi connectivity index (χ4n) is 3.35. The van der Waals surface area contributed by atoms with E-state index in [1.807, 2.05) is 30.3 Å². The Labute approximate surface area is 189 Å². The van der Waals surface area contributed by atoms with Crippen LogP contribution in [-0.2, 0) is 0 Å². The number of anilines is 3. The van der Waals surface area contributed by atoms with Crippen LogP contribution in [-0.4, -0.2) is 37.8 Å². The maximum Gasteiger partial charge on any atom is 0.253 e. The predicted octanol–water partition coefficient (Wildman–Crippen LogP) is 3.13. The Morgan fingerprint density at radius 2 is 1.94 bits per heavy atom. The van der Waals surface area contributed by atoms with Crippen molar-refractivity contribution in [1.82, 2.24) is 20.2 Å². The van der Waals surface area contributed by atoms with E-state index < -0.39 is 11.9 Å². The molecule has 1 atom stereocenters. The molecule has 4 rings (SSSR count). The van der Waals surface area contributed by atoms with Gasteiger partial charge in [-0.1, -0.05) is 30.3 Å². The smallest absolute Gasteiger partial charge is 0.253 e. The molecule has 168 valence electrons. The summed E-state index contributed by atoms with van der Waals surface area (Å²) in [7, 11) is 0. The molecule has 0 unspecified atom stereocenters. The van der Waals surface area contributed by atoms with Gasteiger partial charge in [0, 0.05) is 24.4 Å². The number of aliphatic hydroxyl groups is 1. The minimum Gasteiger partial charge on any atom is -0.421 e. The van der Waals surface area contributed by atoms with E-state index in [2.05, 4.69) is 30.8 Å². The Hall–Kier alpha value is -4.31. The van der Waals surface area contributed by atoms with Crippen LogP contribution in [0.25, 0.3) is 11.5 Å². The molecule has 2 aromatic carbocycles. The Kier molecular flexibility index (Phi) is 6.27. The molecule has 33 heavy (non-hydrogen) atoms. The first kappa shape index (κ1) is 21.9. The van der Waals surface area contributed by atoms with Crippen LogP contribution in [0.15, 0.2) is 59.1 Å². The van der Waals surface area contributed by atoms with Crippen molar-refractivity contribution in [3.05, 3.63) is 77.3 Å². The van der Waals surface area contributed by atoms with Crippen LogP contribution < -0.4 is 16.4 Å². The molecular formula is C23H23N7O3. The number of benzene rings is 2. The van der Waals surface area contributed by atoms with E-state index in [1.165, 1.54) is 0 Å². The van der Waals surface area contributed by atoms with E-state index in [4.69, 9.17) is 10.2 Å². The predicted molar refractivity (Wildman–Crippen MR) is 123 cm³/mol. The number of nitrogens with zero attached hydrogens (tertiary/aromatic N) is 4. The van der Waals surface area contributed by atoms with Gasteiger partial charge in [-0.3, -0.25) is 4.79 Å². The lowest BCUT2D eigenvalue weighted by Crippen LogP contribution is -2.17. The second-order valence-electron chi connectivity index (χ2n) is 7.39. The lowest BCUT2D eigenvalue weighted by molar-refractivity contribution is 0.0999. The number of aryl methyl sites for hydroxylation is 2. The molecule has 5 N–H and O–H groups in total. The highest BCUT2D eigenvalue weighted by atomic mass is 16.4. The van der Waals surface area contributed by atoms with Crippen molar-refractivity contribution >= 4 is 23.4 Å². The third kappa shape index (κ3) is 4.96. The van der Waals surface area contributed by atoms with Gasteiger partial charge in [0.1, 0.15) is 5.82 Å². The number of carbonyl (C=O) groups excluding carboxylic acids is 1. The van der Waals surface area contributed by atoms with Crippen molar-refractivity contribution in [2.45, 2.75) is 19.9 Å². The maximum atomic E-state index is 11.5. The zero-order valence-electron chi connectivity index (χ0n) is 18.1. The van der Waals surface area contributed by atoms with Gasteiger partial charge < -0.3 is 25.9 Å². The number of rotatable bonds is 8. The van der Waals surface area contributed by atoms with Crippen LogP contribution in [0.5, 0.6) is 0 Å². The summed E-state index contributed by atoms with van der Waals surface area (Å²) in [5, 5.41) is 24.3. The van der Waals surface area contributed by atoms with Gasteiger partial charge in [-0.15, -0.1) is 10.2 Å². The quantitative estimate of drug-likeness (QED) is 0.320. The third-order valence-electron chi connectivity index (χ3n) is 4.99. The van der Waals surface area contributed by atoms with Crippen molar-refractivity contribution in [1.29, 1.82) is 0 Å². The summed E-state index contributed by atoms with van der Waals surface area (Å²) >= 11 is 0. The number of carbonyl (C=O) groups is 1. The van der Waals surface area contributed by atoms with Crippen molar-refractivity contribution in [3.8, 4) is 11.5 Å². The molecule has 10 nitrogen and oxygen atoms in total. The van der Waals surface area contributed by atoms with E-state index in [0.717, 1.165) is 11.1 Å². The Morgan fingerprint density at radius 3 is 2.58 bits per heavy atom. The molecule has 2 aromatic heterocycles. The summed E-state index contributed by atoms with van der Waals surface area (Å²) in [6.07, 6.45) is 1.56. The second kappa shape index (κ2) is 9.45. The number of hydrogen-bond acceptors (Lipinski definition) is 9. The van der Waals surface area contributed by atoms with Crippen LogP contribution in [0.4, 0.5) is 17.5 Å². The number of amides is 1.